The molecule has 0 aliphatic carbocycles. The van der Waals surface area contributed by atoms with Crippen LogP contribution in [-0.2, 0) is 11.3 Å². The number of ether oxygens (including phenoxy) is 1. The average molecular weight is 169 g/mol. The van der Waals surface area contributed by atoms with Crippen molar-refractivity contribution in [1.29, 1.82) is 0 Å². The molecule has 0 bridgehead atoms. The van der Waals surface area contributed by atoms with Crippen LogP contribution in [0.3, 0.4) is 0 Å². The van der Waals surface area contributed by atoms with Gasteiger partial charge in [0.2, 0.25) is 0 Å². The molecule has 0 aromatic carbocycles. The zero-order valence-electron chi connectivity index (χ0n) is 7.66. The van der Waals surface area contributed by atoms with Crippen molar-refractivity contribution in [2.45, 2.75) is 26.8 Å². The molecule has 0 amide bonds. The van der Waals surface area contributed by atoms with E-state index < -0.39 is 0 Å². The van der Waals surface area contributed by atoms with Crippen LogP contribution in [0.4, 0.5) is 0 Å². The molecule has 68 valence electrons. The molecule has 0 spiro atoms. The fraction of sp³-hybridized carbons (Fsp3) is 0.750. The fourth-order valence-electron chi connectivity index (χ4n) is 0.909. The van der Waals surface area contributed by atoms with Crippen LogP contribution < -0.4 is 0 Å². The quantitative estimate of drug-likeness (QED) is 0.618. The van der Waals surface area contributed by atoms with Crippen molar-refractivity contribution >= 4 is 0 Å². The highest BCUT2D eigenvalue weighted by Crippen LogP contribution is 1.89. The highest BCUT2D eigenvalue weighted by Gasteiger charge is 1.94. The molecule has 0 aliphatic rings. The maximum Gasteiger partial charge on any atom is 0.0796 e. The summed E-state index contributed by atoms with van der Waals surface area (Å²) in [4.78, 5) is 0. The minimum atomic E-state index is 0.719. The lowest BCUT2D eigenvalue weighted by atomic mass is 10.5. The Hall–Kier alpha value is -0.900. The van der Waals surface area contributed by atoms with Crippen LogP contribution >= 0.6 is 0 Å². The van der Waals surface area contributed by atoms with Gasteiger partial charge in [-0.15, -0.1) is 5.10 Å². The Morgan fingerprint density at radius 3 is 2.92 bits per heavy atom. The van der Waals surface area contributed by atoms with Gasteiger partial charge >= 0.3 is 0 Å². The summed E-state index contributed by atoms with van der Waals surface area (Å²) in [6.07, 6.45) is 2.98. The van der Waals surface area contributed by atoms with Gasteiger partial charge in [-0.3, -0.25) is 0 Å². The van der Waals surface area contributed by atoms with Crippen LogP contribution in [0.25, 0.3) is 0 Å². The Labute approximate surface area is 72.5 Å². The molecule has 0 fully saturated rings. The molecule has 4 heteroatoms. The van der Waals surface area contributed by atoms with E-state index in [1.165, 1.54) is 0 Å². The third-order valence-electron chi connectivity index (χ3n) is 1.47. The van der Waals surface area contributed by atoms with Crippen LogP contribution in [0.2, 0.25) is 0 Å². The second-order valence-electron chi connectivity index (χ2n) is 2.74. The van der Waals surface area contributed by atoms with Gasteiger partial charge in [0.05, 0.1) is 18.8 Å². The minimum Gasteiger partial charge on any atom is -0.380 e. The Morgan fingerprint density at radius 2 is 2.33 bits per heavy atom. The van der Waals surface area contributed by atoms with Crippen LogP contribution in [-0.4, -0.2) is 28.2 Å². The number of hydrogen-bond donors (Lipinski definition) is 0. The van der Waals surface area contributed by atoms with E-state index in [-0.39, 0.29) is 0 Å². The summed E-state index contributed by atoms with van der Waals surface area (Å²) in [5, 5.41) is 7.77. The molecular weight excluding hydrogens is 154 g/mol. The van der Waals surface area contributed by atoms with E-state index in [1.807, 2.05) is 13.1 Å². The molecular formula is C8H15N3O. The summed E-state index contributed by atoms with van der Waals surface area (Å²) < 4.78 is 7.10. The molecule has 0 saturated carbocycles. The fourth-order valence-corrected chi connectivity index (χ4v) is 0.909. The van der Waals surface area contributed by atoms with Crippen molar-refractivity contribution < 1.29 is 4.74 Å². The second kappa shape index (κ2) is 4.87. The third-order valence-corrected chi connectivity index (χ3v) is 1.47. The molecule has 0 atom stereocenters. The first-order valence-electron chi connectivity index (χ1n) is 4.27. The van der Waals surface area contributed by atoms with Gasteiger partial charge < -0.3 is 4.74 Å². The zero-order valence-corrected chi connectivity index (χ0v) is 7.66. The van der Waals surface area contributed by atoms with E-state index in [9.17, 15) is 0 Å². The van der Waals surface area contributed by atoms with E-state index in [1.54, 1.807) is 4.68 Å². The minimum absolute atomic E-state index is 0.719. The Morgan fingerprint density at radius 1 is 1.50 bits per heavy atom. The van der Waals surface area contributed by atoms with E-state index in [4.69, 9.17) is 4.74 Å². The number of aryl methyl sites for hydroxylation is 1. The number of rotatable bonds is 5. The largest absolute Gasteiger partial charge is 0.380 e. The molecule has 0 aliphatic heterocycles. The molecule has 4 nitrogen and oxygen atoms in total. The lowest BCUT2D eigenvalue weighted by Gasteiger charge is -2.00. The topological polar surface area (TPSA) is 39.9 Å². The molecule has 0 radical (unpaired) electrons. The standard InChI is InChI=1S/C8H15N3O/c1-3-5-12-6-4-11-7-8(2)9-10-11/h7H,3-6H2,1-2H3. The van der Waals surface area contributed by atoms with Crippen molar-refractivity contribution in [3.63, 3.8) is 0 Å². The summed E-state index contributed by atoms with van der Waals surface area (Å²) >= 11 is 0. The number of hydrogen-bond acceptors (Lipinski definition) is 3. The molecule has 0 saturated heterocycles. The van der Waals surface area contributed by atoms with Gasteiger partial charge in [0, 0.05) is 12.8 Å². The van der Waals surface area contributed by atoms with Crippen molar-refractivity contribution in [2.24, 2.45) is 0 Å². The highest BCUT2D eigenvalue weighted by molar-refractivity contribution is 4.86. The summed E-state index contributed by atoms with van der Waals surface area (Å²) in [5.41, 5.74) is 0.950. The molecule has 0 N–H and O–H groups in total. The van der Waals surface area contributed by atoms with Gasteiger partial charge in [0.1, 0.15) is 0 Å². The molecule has 0 unspecified atom stereocenters. The van der Waals surface area contributed by atoms with Gasteiger partial charge in [-0.25, -0.2) is 4.68 Å². The van der Waals surface area contributed by atoms with Crippen molar-refractivity contribution in [3.8, 4) is 0 Å². The Balaban J connectivity index is 2.15. The SMILES string of the molecule is CCCOCCn1cc(C)nn1. The number of nitrogens with zero attached hydrogens (tertiary/aromatic N) is 3. The van der Waals surface area contributed by atoms with Crippen molar-refractivity contribution in [3.05, 3.63) is 11.9 Å². The molecule has 1 aromatic heterocycles. The lowest BCUT2D eigenvalue weighted by molar-refractivity contribution is 0.124. The van der Waals surface area contributed by atoms with Crippen LogP contribution in [0.1, 0.15) is 19.0 Å². The lowest BCUT2D eigenvalue weighted by Crippen LogP contribution is -2.06. The van der Waals surface area contributed by atoms with E-state index in [0.717, 1.165) is 31.9 Å². The molecule has 1 aromatic rings. The maximum atomic E-state index is 5.31. The number of aromatic nitrogens is 3. The van der Waals surface area contributed by atoms with Crippen LogP contribution in [0.15, 0.2) is 6.20 Å². The van der Waals surface area contributed by atoms with Crippen LogP contribution in [0, 0.1) is 6.92 Å². The first-order valence-corrected chi connectivity index (χ1v) is 4.27. The summed E-state index contributed by atoms with van der Waals surface area (Å²) in [6.45, 7) is 6.36. The predicted molar refractivity (Wildman–Crippen MR) is 45.9 cm³/mol. The van der Waals surface area contributed by atoms with Gasteiger partial charge in [0.15, 0.2) is 0 Å². The Kier molecular flexibility index (Phi) is 3.73. The summed E-state index contributed by atoms with van der Waals surface area (Å²) in [7, 11) is 0. The second-order valence-corrected chi connectivity index (χ2v) is 2.74. The smallest absolute Gasteiger partial charge is 0.0796 e. The molecule has 1 rings (SSSR count). The molecule has 1 heterocycles. The first kappa shape index (κ1) is 9.19. The molecule has 12 heavy (non-hydrogen) atoms. The highest BCUT2D eigenvalue weighted by atomic mass is 16.5. The van der Waals surface area contributed by atoms with Gasteiger partial charge in [0.25, 0.3) is 0 Å². The summed E-state index contributed by atoms with van der Waals surface area (Å²) in [5.74, 6) is 0. The van der Waals surface area contributed by atoms with Gasteiger partial charge in [-0.1, -0.05) is 12.1 Å². The van der Waals surface area contributed by atoms with E-state index in [0.29, 0.717) is 0 Å². The van der Waals surface area contributed by atoms with E-state index in [2.05, 4.69) is 17.2 Å². The van der Waals surface area contributed by atoms with Crippen molar-refractivity contribution in [1.82, 2.24) is 15.0 Å². The summed E-state index contributed by atoms with van der Waals surface area (Å²) in [6, 6.07) is 0. The van der Waals surface area contributed by atoms with E-state index >= 15 is 0 Å². The average Bonchev–Trinajstić information content (AvgIpc) is 2.45. The zero-order chi connectivity index (χ0) is 8.81. The monoisotopic (exact) mass is 169 g/mol. The normalized spacial score (nSPS) is 10.5. The first-order chi connectivity index (χ1) is 5.83. The van der Waals surface area contributed by atoms with Gasteiger partial charge in [-0.2, -0.15) is 0 Å². The maximum absolute atomic E-state index is 5.31. The van der Waals surface area contributed by atoms with Crippen molar-refractivity contribution in [2.75, 3.05) is 13.2 Å². The van der Waals surface area contributed by atoms with Crippen LogP contribution in [0.5, 0.6) is 0 Å². The Bertz CT molecular complexity index is 222. The van der Waals surface area contributed by atoms with Gasteiger partial charge in [-0.05, 0) is 13.3 Å². The predicted octanol–water partition coefficient (Wildman–Crippen LogP) is 1.01. The third kappa shape index (κ3) is 3.00.